The fraction of sp³-hybridized carbons (Fsp3) is 0.0714. The van der Waals surface area contributed by atoms with Crippen LogP contribution in [0.1, 0.15) is 17.0 Å². The first-order chi connectivity index (χ1) is 16.2. The zero-order valence-corrected chi connectivity index (χ0v) is 18.9. The van der Waals surface area contributed by atoms with Gasteiger partial charge in [-0.1, -0.05) is 90.2 Å². The maximum Gasteiger partial charge on any atom is 0.245 e. The number of carbonyl (C=O) groups excluding carboxylic acids is 1. The highest BCUT2D eigenvalue weighted by molar-refractivity contribution is 7.22. The molecule has 0 aliphatic rings. The van der Waals surface area contributed by atoms with E-state index in [-0.39, 0.29) is 5.91 Å². The number of para-hydroxylation sites is 1. The Labute approximate surface area is 196 Å². The van der Waals surface area contributed by atoms with E-state index in [1.807, 2.05) is 109 Å². The minimum Gasteiger partial charge on any atom is -0.497 e. The molecule has 0 unspecified atom stereocenters. The van der Waals surface area contributed by atoms with Gasteiger partial charge >= 0.3 is 0 Å². The summed E-state index contributed by atoms with van der Waals surface area (Å²) >= 11 is 1.50. The highest BCUT2D eigenvalue weighted by Gasteiger charge is 2.31. The standard InChI is InChI=1S/C28H22N2O2S/c1-32-23-16-10-15-22(19-23)30(28-29-24-17-8-9-18-25(24)33-28)27(31)26(20-11-4-2-5-12-20)21-13-6-3-7-14-21/h2-19,26H,1H3. The SMILES string of the molecule is COc1cccc(N(C(=O)C(c2ccccc2)c2ccccc2)c2nc3ccccc3s2)c1. The number of ether oxygens (including phenoxy) is 1. The molecule has 0 aliphatic heterocycles. The topological polar surface area (TPSA) is 42.4 Å². The van der Waals surface area contributed by atoms with Crippen LogP contribution in [-0.4, -0.2) is 18.0 Å². The Hall–Kier alpha value is -3.96. The molecule has 5 rings (SSSR count). The highest BCUT2D eigenvalue weighted by Crippen LogP contribution is 2.38. The number of hydrogen-bond donors (Lipinski definition) is 0. The van der Waals surface area contributed by atoms with Crippen LogP contribution < -0.4 is 9.64 Å². The minimum absolute atomic E-state index is 0.0697. The number of hydrogen-bond acceptors (Lipinski definition) is 4. The fourth-order valence-electron chi connectivity index (χ4n) is 3.93. The van der Waals surface area contributed by atoms with E-state index < -0.39 is 5.92 Å². The largest absolute Gasteiger partial charge is 0.497 e. The number of aromatic nitrogens is 1. The van der Waals surface area contributed by atoms with Gasteiger partial charge < -0.3 is 4.74 Å². The lowest BCUT2D eigenvalue weighted by Gasteiger charge is -2.26. The molecule has 1 heterocycles. The molecule has 5 aromatic rings. The molecule has 0 aliphatic carbocycles. The van der Waals surface area contributed by atoms with Crippen molar-refractivity contribution in [3.05, 3.63) is 120 Å². The van der Waals surface area contributed by atoms with E-state index >= 15 is 0 Å². The van der Waals surface area contributed by atoms with Crippen LogP contribution in [0.25, 0.3) is 10.2 Å². The fourth-order valence-corrected chi connectivity index (χ4v) is 4.93. The number of methoxy groups -OCH3 is 1. The lowest BCUT2D eigenvalue weighted by molar-refractivity contribution is -0.118. The average molecular weight is 451 g/mol. The van der Waals surface area contributed by atoms with Crippen molar-refractivity contribution < 1.29 is 9.53 Å². The van der Waals surface area contributed by atoms with Crippen LogP contribution in [0.4, 0.5) is 10.8 Å². The summed E-state index contributed by atoms with van der Waals surface area (Å²) in [7, 11) is 1.62. The second-order valence-corrected chi connectivity index (χ2v) is 8.60. The molecule has 0 bridgehead atoms. The molecule has 5 heteroatoms. The van der Waals surface area contributed by atoms with Crippen molar-refractivity contribution in [2.45, 2.75) is 5.92 Å². The number of rotatable bonds is 6. The Bertz CT molecular complexity index is 1310. The van der Waals surface area contributed by atoms with Gasteiger partial charge in [0.05, 0.1) is 28.9 Å². The predicted molar refractivity (Wildman–Crippen MR) is 134 cm³/mol. The van der Waals surface area contributed by atoms with Gasteiger partial charge in [0, 0.05) is 6.07 Å². The second-order valence-electron chi connectivity index (χ2n) is 7.59. The molecular formula is C28H22N2O2S. The number of fused-ring (bicyclic) bond motifs is 1. The molecule has 0 saturated carbocycles. The summed E-state index contributed by atoms with van der Waals surface area (Å²) < 4.78 is 6.49. The van der Waals surface area contributed by atoms with Crippen LogP contribution in [0, 0.1) is 0 Å². The van der Waals surface area contributed by atoms with E-state index in [0.717, 1.165) is 27.0 Å². The van der Waals surface area contributed by atoms with Gasteiger partial charge in [-0.05, 0) is 35.4 Å². The van der Waals surface area contributed by atoms with Crippen LogP contribution in [0.5, 0.6) is 5.75 Å². The molecule has 0 saturated heterocycles. The number of thiazole rings is 1. The molecule has 1 amide bonds. The first-order valence-corrected chi connectivity index (χ1v) is 11.5. The third-order valence-corrected chi connectivity index (χ3v) is 6.54. The van der Waals surface area contributed by atoms with Gasteiger partial charge in [-0.2, -0.15) is 0 Å². The Kier molecular flexibility index (Phi) is 5.87. The molecule has 0 spiro atoms. The Balaban J connectivity index is 1.69. The molecule has 4 aromatic carbocycles. The van der Waals surface area contributed by atoms with Crippen molar-refractivity contribution >= 4 is 38.3 Å². The number of amides is 1. The van der Waals surface area contributed by atoms with Crippen LogP contribution in [0.15, 0.2) is 109 Å². The summed E-state index contributed by atoms with van der Waals surface area (Å²) in [5.74, 6) is 0.132. The van der Waals surface area contributed by atoms with Crippen LogP contribution >= 0.6 is 11.3 Å². The first kappa shape index (κ1) is 20.9. The zero-order chi connectivity index (χ0) is 22.6. The van der Waals surface area contributed by atoms with Crippen LogP contribution in [-0.2, 0) is 4.79 Å². The van der Waals surface area contributed by atoms with Crippen molar-refractivity contribution in [1.82, 2.24) is 4.98 Å². The molecule has 0 radical (unpaired) electrons. The van der Waals surface area contributed by atoms with Gasteiger partial charge in [-0.3, -0.25) is 9.69 Å². The normalized spacial score (nSPS) is 11.0. The van der Waals surface area contributed by atoms with E-state index in [1.54, 1.807) is 12.0 Å². The number of benzene rings is 4. The van der Waals surface area contributed by atoms with E-state index in [9.17, 15) is 4.79 Å². The van der Waals surface area contributed by atoms with Gasteiger partial charge in [0.2, 0.25) is 5.91 Å². The molecular weight excluding hydrogens is 428 g/mol. The first-order valence-electron chi connectivity index (χ1n) is 10.7. The van der Waals surface area contributed by atoms with Crippen LogP contribution in [0.3, 0.4) is 0 Å². The van der Waals surface area contributed by atoms with Crippen molar-refractivity contribution in [2.24, 2.45) is 0 Å². The quantitative estimate of drug-likeness (QED) is 0.286. The molecule has 4 nitrogen and oxygen atoms in total. The third-order valence-electron chi connectivity index (χ3n) is 5.52. The molecule has 0 atom stereocenters. The average Bonchev–Trinajstić information content (AvgIpc) is 3.29. The Morgan fingerprint density at radius 1 is 0.818 bits per heavy atom. The van der Waals surface area contributed by atoms with Gasteiger partial charge in [-0.25, -0.2) is 4.98 Å². The Morgan fingerprint density at radius 2 is 1.45 bits per heavy atom. The van der Waals surface area contributed by atoms with E-state index in [1.165, 1.54) is 11.3 Å². The van der Waals surface area contributed by atoms with Gasteiger partial charge in [0.1, 0.15) is 5.75 Å². The smallest absolute Gasteiger partial charge is 0.245 e. The van der Waals surface area contributed by atoms with Crippen molar-refractivity contribution in [2.75, 3.05) is 12.0 Å². The van der Waals surface area contributed by atoms with Gasteiger partial charge in [-0.15, -0.1) is 0 Å². The lowest BCUT2D eigenvalue weighted by atomic mass is 9.90. The molecule has 1 aromatic heterocycles. The molecule has 0 fully saturated rings. The van der Waals surface area contributed by atoms with E-state index in [0.29, 0.717) is 10.9 Å². The molecule has 0 N–H and O–H groups in total. The van der Waals surface area contributed by atoms with Crippen LogP contribution in [0.2, 0.25) is 0 Å². The van der Waals surface area contributed by atoms with E-state index in [2.05, 4.69) is 0 Å². The summed E-state index contributed by atoms with van der Waals surface area (Å²) in [5, 5.41) is 0.631. The van der Waals surface area contributed by atoms with Crippen molar-refractivity contribution in [1.29, 1.82) is 0 Å². The van der Waals surface area contributed by atoms with Crippen molar-refractivity contribution in [3.63, 3.8) is 0 Å². The summed E-state index contributed by atoms with van der Waals surface area (Å²) in [6.07, 6.45) is 0. The van der Waals surface area contributed by atoms with Crippen molar-refractivity contribution in [3.8, 4) is 5.75 Å². The summed E-state index contributed by atoms with van der Waals surface area (Å²) in [5.41, 5.74) is 3.45. The Morgan fingerprint density at radius 3 is 2.09 bits per heavy atom. The van der Waals surface area contributed by atoms with E-state index in [4.69, 9.17) is 9.72 Å². The monoisotopic (exact) mass is 450 g/mol. The molecule has 33 heavy (non-hydrogen) atoms. The summed E-state index contributed by atoms with van der Waals surface area (Å²) in [6, 6.07) is 35.3. The number of carbonyl (C=O) groups is 1. The summed E-state index contributed by atoms with van der Waals surface area (Å²) in [4.78, 5) is 20.9. The van der Waals surface area contributed by atoms with Gasteiger partial charge in [0.15, 0.2) is 5.13 Å². The third kappa shape index (κ3) is 4.23. The maximum atomic E-state index is 14.4. The summed E-state index contributed by atoms with van der Waals surface area (Å²) in [6.45, 7) is 0. The molecule has 162 valence electrons. The lowest BCUT2D eigenvalue weighted by Crippen LogP contribution is -2.32. The minimum atomic E-state index is -0.481. The number of nitrogens with zero attached hydrogens (tertiary/aromatic N) is 2. The maximum absolute atomic E-state index is 14.4. The number of anilines is 2. The van der Waals surface area contributed by atoms with Gasteiger partial charge in [0.25, 0.3) is 0 Å². The predicted octanol–water partition coefficient (Wildman–Crippen LogP) is 6.80. The second kappa shape index (κ2) is 9.27. The zero-order valence-electron chi connectivity index (χ0n) is 18.1. The highest BCUT2D eigenvalue weighted by atomic mass is 32.1.